The molecular formula is C24H24F5N5OS. The molecule has 6 nitrogen and oxygen atoms in total. The maximum Gasteiger partial charge on any atom is 0.419 e. The van der Waals surface area contributed by atoms with Gasteiger partial charge in [-0.3, -0.25) is 4.79 Å². The van der Waals surface area contributed by atoms with Crippen LogP contribution in [-0.2, 0) is 6.18 Å². The average molecular weight is 526 g/mol. The quantitative estimate of drug-likeness (QED) is 0.424. The summed E-state index contributed by atoms with van der Waals surface area (Å²) in [4.78, 5) is 27.1. The predicted octanol–water partition coefficient (Wildman–Crippen LogP) is 5.83. The van der Waals surface area contributed by atoms with Crippen molar-refractivity contribution in [3.63, 3.8) is 0 Å². The lowest BCUT2D eigenvalue weighted by Crippen LogP contribution is -2.57. The lowest BCUT2D eigenvalue weighted by Gasteiger charge is -2.43. The molecule has 192 valence electrons. The van der Waals surface area contributed by atoms with Crippen molar-refractivity contribution in [2.45, 2.75) is 45.3 Å². The number of thiazole rings is 1. The molecule has 36 heavy (non-hydrogen) atoms. The van der Waals surface area contributed by atoms with Crippen LogP contribution >= 0.6 is 11.3 Å². The van der Waals surface area contributed by atoms with Crippen LogP contribution in [0.1, 0.15) is 40.0 Å². The molecular weight excluding hydrogens is 501 g/mol. The first-order valence-corrected chi connectivity index (χ1v) is 12.0. The van der Waals surface area contributed by atoms with Gasteiger partial charge in [-0.1, -0.05) is 31.2 Å². The molecule has 1 aliphatic rings. The van der Waals surface area contributed by atoms with Crippen molar-refractivity contribution >= 4 is 23.2 Å². The van der Waals surface area contributed by atoms with Crippen molar-refractivity contribution in [1.82, 2.24) is 19.9 Å². The van der Waals surface area contributed by atoms with Crippen molar-refractivity contribution in [2.24, 2.45) is 5.92 Å². The molecule has 1 aromatic carbocycles. The van der Waals surface area contributed by atoms with Crippen LogP contribution in [0.2, 0.25) is 0 Å². The minimum absolute atomic E-state index is 0.0167. The SMILES string of the molecule is Cc1nc(C(=O)N2CC(F)(F)C[C@@H](C)[C@H]2CNc2ncc(C(F)(F)F)cn2)c(-c2ccccc2C)s1. The van der Waals surface area contributed by atoms with E-state index in [9.17, 15) is 26.7 Å². The van der Waals surface area contributed by atoms with Crippen LogP contribution < -0.4 is 5.32 Å². The number of hydrogen-bond donors (Lipinski definition) is 1. The van der Waals surface area contributed by atoms with Gasteiger partial charge in [0.05, 0.1) is 28.0 Å². The van der Waals surface area contributed by atoms with Crippen LogP contribution in [0.15, 0.2) is 36.7 Å². The molecule has 1 fully saturated rings. The summed E-state index contributed by atoms with van der Waals surface area (Å²) in [5.74, 6) is -4.42. The number of amides is 1. The molecule has 0 saturated carbocycles. The number of nitrogens with one attached hydrogen (secondary N) is 1. The Labute approximate surface area is 208 Å². The van der Waals surface area contributed by atoms with Gasteiger partial charge < -0.3 is 10.2 Å². The summed E-state index contributed by atoms with van der Waals surface area (Å²) in [5.41, 5.74) is 0.826. The second-order valence-corrected chi connectivity index (χ2v) is 10.1. The molecule has 0 aliphatic carbocycles. The lowest BCUT2D eigenvalue weighted by atomic mass is 9.88. The van der Waals surface area contributed by atoms with E-state index < -0.39 is 48.5 Å². The summed E-state index contributed by atoms with van der Waals surface area (Å²) >= 11 is 1.32. The lowest BCUT2D eigenvalue weighted by molar-refractivity contribution is -0.138. The fourth-order valence-corrected chi connectivity index (χ4v) is 5.36. The highest BCUT2D eigenvalue weighted by Gasteiger charge is 2.47. The number of alkyl halides is 5. The van der Waals surface area contributed by atoms with Gasteiger partial charge >= 0.3 is 6.18 Å². The van der Waals surface area contributed by atoms with E-state index in [1.807, 2.05) is 31.2 Å². The molecule has 3 heterocycles. The molecule has 0 radical (unpaired) electrons. The van der Waals surface area contributed by atoms with Crippen LogP contribution in [0.4, 0.5) is 27.9 Å². The smallest absolute Gasteiger partial charge is 0.352 e. The highest BCUT2D eigenvalue weighted by molar-refractivity contribution is 7.15. The van der Waals surface area contributed by atoms with Gasteiger partial charge in [-0.15, -0.1) is 11.3 Å². The molecule has 1 aliphatic heterocycles. The van der Waals surface area contributed by atoms with E-state index in [0.29, 0.717) is 22.3 Å². The van der Waals surface area contributed by atoms with Gasteiger partial charge in [0.25, 0.3) is 11.8 Å². The standard InChI is InChI=1S/C24H24F5N5OS/c1-13-6-4-5-7-17(13)20-19(33-15(3)36-20)21(35)34-12-23(25,26)8-14(2)18(34)11-32-22-30-9-16(10-31-22)24(27,28)29/h4-7,9-10,14,18H,8,11-12H2,1-3H3,(H,30,31,32)/t14-,18-/m1/s1. The normalized spacial score (nSPS) is 19.8. The number of rotatable bonds is 5. The third-order valence-electron chi connectivity index (χ3n) is 6.12. The minimum Gasteiger partial charge on any atom is -0.352 e. The van der Waals surface area contributed by atoms with Gasteiger partial charge in [0, 0.05) is 25.4 Å². The average Bonchev–Trinajstić information content (AvgIpc) is 3.18. The van der Waals surface area contributed by atoms with E-state index in [1.165, 1.54) is 11.3 Å². The fourth-order valence-electron chi connectivity index (χ4n) is 4.36. The number of carbonyl (C=O) groups is 1. The third-order valence-corrected chi connectivity index (χ3v) is 7.12. The topological polar surface area (TPSA) is 71.0 Å². The third kappa shape index (κ3) is 5.48. The molecule has 1 saturated heterocycles. The number of benzene rings is 1. The summed E-state index contributed by atoms with van der Waals surface area (Å²) in [6.45, 7) is 4.45. The summed E-state index contributed by atoms with van der Waals surface area (Å²) in [7, 11) is 0. The Hall–Kier alpha value is -3.15. The summed E-state index contributed by atoms with van der Waals surface area (Å²) in [5, 5.41) is 3.43. The molecule has 2 aromatic heterocycles. The molecule has 3 aromatic rings. The van der Waals surface area contributed by atoms with Gasteiger partial charge in [-0.25, -0.2) is 23.7 Å². The first-order valence-electron chi connectivity index (χ1n) is 11.2. The first kappa shape index (κ1) is 25.9. The van der Waals surface area contributed by atoms with E-state index >= 15 is 0 Å². The summed E-state index contributed by atoms with van der Waals surface area (Å²) < 4.78 is 67.6. The number of nitrogens with zero attached hydrogens (tertiary/aromatic N) is 4. The molecule has 0 spiro atoms. The number of aryl methyl sites for hydroxylation is 2. The largest absolute Gasteiger partial charge is 0.419 e. The molecule has 12 heteroatoms. The zero-order valence-electron chi connectivity index (χ0n) is 19.7. The van der Waals surface area contributed by atoms with Crippen molar-refractivity contribution in [2.75, 3.05) is 18.4 Å². The number of likely N-dealkylation sites (tertiary alicyclic amines) is 1. The molecule has 2 atom stereocenters. The van der Waals surface area contributed by atoms with Crippen molar-refractivity contribution in [3.05, 3.63) is 58.5 Å². The van der Waals surface area contributed by atoms with Crippen LogP contribution in [-0.4, -0.2) is 50.8 Å². The van der Waals surface area contributed by atoms with Gasteiger partial charge in [-0.05, 0) is 30.9 Å². The van der Waals surface area contributed by atoms with Gasteiger partial charge in [0.2, 0.25) is 5.95 Å². The first-order chi connectivity index (χ1) is 16.9. The Bertz CT molecular complexity index is 1240. The second kappa shape index (κ2) is 9.72. The van der Waals surface area contributed by atoms with Crippen molar-refractivity contribution in [3.8, 4) is 10.4 Å². The van der Waals surface area contributed by atoms with E-state index in [1.54, 1.807) is 13.8 Å². The van der Waals surface area contributed by atoms with E-state index in [4.69, 9.17) is 0 Å². The second-order valence-electron chi connectivity index (χ2n) is 8.94. The number of anilines is 1. The maximum absolute atomic E-state index is 14.6. The molecule has 1 amide bonds. The van der Waals surface area contributed by atoms with Gasteiger partial charge in [0.15, 0.2) is 0 Å². The highest BCUT2D eigenvalue weighted by atomic mass is 32.1. The Morgan fingerprint density at radius 3 is 2.50 bits per heavy atom. The summed E-state index contributed by atoms with van der Waals surface area (Å²) in [6, 6.07) is 6.76. The highest BCUT2D eigenvalue weighted by Crippen LogP contribution is 2.38. The van der Waals surface area contributed by atoms with Gasteiger partial charge in [0.1, 0.15) is 5.69 Å². The van der Waals surface area contributed by atoms with E-state index in [0.717, 1.165) is 16.0 Å². The zero-order valence-corrected chi connectivity index (χ0v) is 20.6. The Balaban J connectivity index is 1.62. The zero-order chi connectivity index (χ0) is 26.3. The van der Waals surface area contributed by atoms with Crippen LogP contribution in [0.3, 0.4) is 0 Å². The number of piperidine rings is 1. The van der Waals surface area contributed by atoms with E-state index in [-0.39, 0.29) is 18.2 Å². The fraction of sp³-hybridized carbons (Fsp3) is 0.417. The van der Waals surface area contributed by atoms with Crippen molar-refractivity contribution < 1.29 is 26.7 Å². The Morgan fingerprint density at radius 1 is 1.19 bits per heavy atom. The number of carbonyl (C=O) groups excluding carboxylic acids is 1. The predicted molar refractivity (Wildman–Crippen MR) is 126 cm³/mol. The number of halogens is 5. The Morgan fingerprint density at radius 2 is 1.86 bits per heavy atom. The van der Waals surface area contributed by atoms with Crippen molar-refractivity contribution in [1.29, 1.82) is 0 Å². The van der Waals surface area contributed by atoms with Crippen LogP contribution in [0.5, 0.6) is 0 Å². The maximum atomic E-state index is 14.6. The van der Waals surface area contributed by atoms with Gasteiger partial charge in [-0.2, -0.15) is 13.2 Å². The summed E-state index contributed by atoms with van der Waals surface area (Å²) in [6.07, 6.45) is -3.73. The number of aromatic nitrogens is 3. The molecule has 4 rings (SSSR count). The Kier molecular flexibility index (Phi) is 7.00. The molecule has 0 unspecified atom stereocenters. The number of hydrogen-bond acceptors (Lipinski definition) is 6. The molecule has 0 bridgehead atoms. The monoisotopic (exact) mass is 525 g/mol. The van der Waals surface area contributed by atoms with E-state index in [2.05, 4.69) is 20.3 Å². The van der Waals surface area contributed by atoms with Crippen LogP contribution in [0.25, 0.3) is 10.4 Å². The van der Waals surface area contributed by atoms with Crippen LogP contribution in [0, 0.1) is 19.8 Å². The minimum atomic E-state index is -4.58. The molecule has 1 N–H and O–H groups in total.